The number of aromatic nitrogens is 1. The third kappa shape index (κ3) is 2.37. The topological polar surface area (TPSA) is 63.1 Å². The molecule has 0 radical (unpaired) electrons. The third-order valence-corrected chi connectivity index (χ3v) is 3.37. The van der Waals surface area contributed by atoms with Gasteiger partial charge in [-0.25, -0.2) is 4.79 Å². The quantitative estimate of drug-likeness (QED) is 0.655. The van der Waals surface area contributed by atoms with Gasteiger partial charge in [-0.1, -0.05) is 22.0 Å². The lowest BCUT2D eigenvalue weighted by Crippen LogP contribution is -2.22. The Morgan fingerprint density at radius 1 is 1.10 bits per heavy atom. The Bertz CT molecular complexity index is 734. The number of carbonyl (C=O) groups is 2. The van der Waals surface area contributed by atoms with Gasteiger partial charge in [-0.15, -0.1) is 0 Å². The molecule has 20 heavy (non-hydrogen) atoms. The highest BCUT2D eigenvalue weighted by molar-refractivity contribution is 9.10. The van der Waals surface area contributed by atoms with Crippen LogP contribution in [0.3, 0.4) is 0 Å². The monoisotopic (exact) mass is 331 g/mol. The van der Waals surface area contributed by atoms with Crippen molar-refractivity contribution >= 4 is 33.9 Å². The van der Waals surface area contributed by atoms with Gasteiger partial charge in [0.2, 0.25) is 0 Å². The van der Waals surface area contributed by atoms with Gasteiger partial charge in [0.05, 0.1) is 0 Å². The van der Waals surface area contributed by atoms with E-state index in [2.05, 4.69) is 26.6 Å². The van der Waals surface area contributed by atoms with E-state index in [4.69, 9.17) is 0 Å². The Morgan fingerprint density at radius 2 is 1.95 bits per heavy atom. The number of imide groups is 1. The molecule has 2 aromatic rings. The fourth-order valence-electron chi connectivity index (χ4n) is 2.00. The lowest BCUT2D eigenvalue weighted by molar-refractivity contribution is -0.115. The van der Waals surface area contributed by atoms with Crippen LogP contribution in [-0.2, 0) is 4.79 Å². The van der Waals surface area contributed by atoms with Crippen molar-refractivity contribution in [2.75, 3.05) is 0 Å². The summed E-state index contributed by atoms with van der Waals surface area (Å²) in [6.45, 7) is 0. The molecule has 100 valence electrons. The van der Waals surface area contributed by atoms with E-state index < -0.39 is 11.9 Å². The van der Waals surface area contributed by atoms with Crippen molar-refractivity contribution in [2.45, 2.75) is 0 Å². The number of rotatable bonds is 2. The largest absolute Gasteiger partial charge is 0.326 e. The average Bonchev–Trinajstić information content (AvgIpc) is 2.97. The number of amides is 3. The summed E-state index contributed by atoms with van der Waals surface area (Å²) in [7, 11) is 0. The molecular weight excluding hydrogens is 322 g/mol. The molecule has 2 heterocycles. The first-order valence-corrected chi connectivity index (χ1v) is 6.70. The summed E-state index contributed by atoms with van der Waals surface area (Å²) >= 11 is 3.43. The predicted molar refractivity (Wildman–Crippen MR) is 78.1 cm³/mol. The van der Waals surface area contributed by atoms with Crippen LogP contribution in [0, 0.1) is 0 Å². The Labute approximate surface area is 123 Å². The molecule has 0 aliphatic carbocycles. The molecule has 0 spiro atoms. The van der Waals surface area contributed by atoms with E-state index in [1.807, 2.05) is 47.2 Å². The number of hydrogen-bond acceptors (Lipinski definition) is 2. The zero-order valence-corrected chi connectivity index (χ0v) is 11.8. The van der Waals surface area contributed by atoms with Crippen molar-refractivity contribution in [1.29, 1.82) is 0 Å². The smallest absolute Gasteiger partial charge is 0.317 e. The minimum Gasteiger partial charge on any atom is -0.317 e. The van der Waals surface area contributed by atoms with Gasteiger partial charge in [0.1, 0.15) is 5.70 Å². The van der Waals surface area contributed by atoms with Gasteiger partial charge in [0.15, 0.2) is 0 Å². The second kappa shape index (κ2) is 4.97. The molecule has 3 rings (SSSR count). The zero-order valence-electron chi connectivity index (χ0n) is 10.3. The second-order valence-electron chi connectivity index (χ2n) is 4.25. The van der Waals surface area contributed by atoms with E-state index >= 15 is 0 Å². The maximum Gasteiger partial charge on any atom is 0.326 e. The van der Waals surface area contributed by atoms with Gasteiger partial charge in [0, 0.05) is 22.1 Å². The third-order valence-electron chi connectivity index (χ3n) is 2.88. The molecule has 1 aromatic heterocycles. The summed E-state index contributed by atoms with van der Waals surface area (Å²) in [6, 6.07) is 11.0. The summed E-state index contributed by atoms with van der Waals surface area (Å²) in [5.74, 6) is -0.419. The van der Waals surface area contributed by atoms with Crippen molar-refractivity contribution in [1.82, 2.24) is 15.2 Å². The number of halogens is 1. The molecule has 5 nitrogen and oxygen atoms in total. The molecule has 2 N–H and O–H groups in total. The molecule has 1 aliphatic rings. The maximum absolute atomic E-state index is 11.5. The van der Waals surface area contributed by atoms with Crippen molar-refractivity contribution in [3.05, 3.63) is 58.5 Å². The summed E-state index contributed by atoms with van der Waals surface area (Å²) in [5.41, 5.74) is 2.00. The molecule has 1 saturated heterocycles. The predicted octanol–water partition coefficient (Wildman–Crippen LogP) is 2.42. The van der Waals surface area contributed by atoms with Crippen LogP contribution in [0.15, 0.2) is 52.8 Å². The first-order valence-electron chi connectivity index (χ1n) is 5.91. The van der Waals surface area contributed by atoms with E-state index in [0.29, 0.717) is 0 Å². The van der Waals surface area contributed by atoms with Crippen LogP contribution in [0.2, 0.25) is 0 Å². The maximum atomic E-state index is 11.5. The lowest BCUT2D eigenvalue weighted by atomic mass is 10.3. The molecule has 0 atom stereocenters. The summed E-state index contributed by atoms with van der Waals surface area (Å²) in [4.78, 5) is 22.6. The Balaban J connectivity index is 2.01. The van der Waals surface area contributed by atoms with Crippen LogP contribution in [0.1, 0.15) is 5.69 Å². The molecule has 6 heteroatoms. The minimum atomic E-state index is -0.498. The van der Waals surface area contributed by atoms with E-state index in [1.165, 1.54) is 0 Å². The van der Waals surface area contributed by atoms with Crippen LogP contribution in [0.25, 0.3) is 11.8 Å². The highest BCUT2D eigenvalue weighted by Crippen LogP contribution is 2.19. The summed E-state index contributed by atoms with van der Waals surface area (Å²) in [5, 5.41) is 4.64. The second-order valence-corrected chi connectivity index (χ2v) is 5.16. The highest BCUT2D eigenvalue weighted by Gasteiger charge is 2.23. The Morgan fingerprint density at radius 3 is 2.65 bits per heavy atom. The van der Waals surface area contributed by atoms with Gasteiger partial charge in [-0.3, -0.25) is 10.1 Å². The van der Waals surface area contributed by atoms with Crippen molar-refractivity contribution in [2.24, 2.45) is 0 Å². The number of nitrogens with zero attached hydrogens (tertiary/aromatic N) is 1. The van der Waals surface area contributed by atoms with Gasteiger partial charge >= 0.3 is 6.03 Å². The van der Waals surface area contributed by atoms with Crippen LogP contribution < -0.4 is 10.6 Å². The number of carbonyl (C=O) groups excluding carboxylic acids is 2. The Hall–Kier alpha value is -2.34. The SMILES string of the molecule is O=C1NC(=O)/C(=C/c2cccn2-c2cccc(Br)c2)N1. The van der Waals surface area contributed by atoms with Gasteiger partial charge in [0.25, 0.3) is 5.91 Å². The highest BCUT2D eigenvalue weighted by atomic mass is 79.9. The Kier molecular flexibility index (Phi) is 3.15. The molecule has 0 bridgehead atoms. The van der Waals surface area contributed by atoms with Gasteiger partial charge < -0.3 is 9.88 Å². The summed E-state index contributed by atoms with van der Waals surface area (Å²) in [6.07, 6.45) is 3.53. The van der Waals surface area contributed by atoms with Gasteiger partial charge in [-0.05, 0) is 36.4 Å². The van der Waals surface area contributed by atoms with E-state index in [0.717, 1.165) is 15.9 Å². The summed E-state index contributed by atoms with van der Waals surface area (Å²) < 4.78 is 2.89. The lowest BCUT2D eigenvalue weighted by Gasteiger charge is -2.07. The van der Waals surface area contributed by atoms with Gasteiger partial charge in [-0.2, -0.15) is 0 Å². The van der Waals surface area contributed by atoms with Crippen molar-refractivity contribution in [3.63, 3.8) is 0 Å². The van der Waals surface area contributed by atoms with E-state index in [1.54, 1.807) is 6.08 Å². The number of urea groups is 1. The van der Waals surface area contributed by atoms with Crippen molar-refractivity contribution < 1.29 is 9.59 Å². The van der Waals surface area contributed by atoms with Crippen molar-refractivity contribution in [3.8, 4) is 5.69 Å². The zero-order chi connectivity index (χ0) is 14.1. The fourth-order valence-corrected chi connectivity index (χ4v) is 2.39. The molecule has 0 unspecified atom stereocenters. The van der Waals surface area contributed by atoms with Crippen LogP contribution in [0.5, 0.6) is 0 Å². The van der Waals surface area contributed by atoms with E-state index in [-0.39, 0.29) is 5.70 Å². The average molecular weight is 332 g/mol. The fraction of sp³-hybridized carbons (Fsp3) is 0. The number of benzene rings is 1. The van der Waals surface area contributed by atoms with Crippen LogP contribution >= 0.6 is 15.9 Å². The number of nitrogens with one attached hydrogen (secondary N) is 2. The normalized spacial score (nSPS) is 16.4. The molecular formula is C14H10BrN3O2. The standard InChI is InChI=1S/C14H10BrN3O2/c15-9-3-1-4-10(7-9)18-6-2-5-11(18)8-12-13(19)17-14(20)16-12/h1-8H,(H2,16,17,19,20)/b12-8-. The van der Waals surface area contributed by atoms with Crippen LogP contribution in [0.4, 0.5) is 4.79 Å². The first-order chi connectivity index (χ1) is 9.63. The molecule has 3 amide bonds. The van der Waals surface area contributed by atoms with Crippen LogP contribution in [-0.4, -0.2) is 16.5 Å². The molecule has 1 aliphatic heterocycles. The minimum absolute atomic E-state index is 0.241. The molecule has 1 aromatic carbocycles. The molecule has 0 saturated carbocycles. The molecule has 1 fully saturated rings. The van der Waals surface area contributed by atoms with E-state index in [9.17, 15) is 9.59 Å². The first kappa shape index (κ1) is 12.7. The number of hydrogen-bond donors (Lipinski definition) is 2.